The first-order valence-corrected chi connectivity index (χ1v) is 10.6. The number of pyridine rings is 2. The number of nitrogens with zero attached hydrogens (tertiary/aromatic N) is 2. The van der Waals surface area contributed by atoms with Crippen LogP contribution >= 0.6 is 0 Å². The molecule has 31 heavy (non-hydrogen) atoms. The SMILES string of the molecule is CCOC(=O)c1cn2c(cc1=O)-c1cc(OC)c(-c3cccnc3)cc1CC21CCC1. The molecule has 0 radical (unpaired) electrons. The Balaban J connectivity index is 1.72. The summed E-state index contributed by atoms with van der Waals surface area (Å²) >= 11 is 0. The van der Waals surface area contributed by atoms with Gasteiger partial charge in [-0.2, -0.15) is 0 Å². The highest BCUT2D eigenvalue weighted by atomic mass is 16.5. The van der Waals surface area contributed by atoms with Crippen molar-refractivity contribution in [3.8, 4) is 28.1 Å². The zero-order valence-corrected chi connectivity index (χ0v) is 17.7. The molecule has 1 saturated carbocycles. The molecule has 0 unspecified atom stereocenters. The van der Waals surface area contributed by atoms with E-state index >= 15 is 0 Å². The van der Waals surface area contributed by atoms with Gasteiger partial charge in [0, 0.05) is 46.9 Å². The Hall–Kier alpha value is -3.41. The number of hydrogen-bond acceptors (Lipinski definition) is 5. The third-order valence-electron chi connectivity index (χ3n) is 6.53. The molecular formula is C25H24N2O4. The molecule has 1 aliphatic heterocycles. The van der Waals surface area contributed by atoms with Crippen molar-refractivity contribution in [2.24, 2.45) is 0 Å². The molecule has 3 aromatic rings. The number of hydrogen-bond donors (Lipinski definition) is 0. The van der Waals surface area contributed by atoms with Crippen LogP contribution < -0.4 is 10.2 Å². The Labute approximate surface area is 180 Å². The summed E-state index contributed by atoms with van der Waals surface area (Å²) in [4.78, 5) is 29.4. The van der Waals surface area contributed by atoms with E-state index in [9.17, 15) is 9.59 Å². The summed E-state index contributed by atoms with van der Waals surface area (Å²) in [5.41, 5.74) is 4.62. The van der Waals surface area contributed by atoms with Crippen LogP contribution in [0.1, 0.15) is 42.1 Å². The van der Waals surface area contributed by atoms with Crippen LogP contribution in [0.25, 0.3) is 22.4 Å². The van der Waals surface area contributed by atoms with Crippen LogP contribution in [0, 0.1) is 0 Å². The summed E-state index contributed by atoms with van der Waals surface area (Å²) in [5, 5.41) is 0. The van der Waals surface area contributed by atoms with Gasteiger partial charge < -0.3 is 14.0 Å². The van der Waals surface area contributed by atoms with Crippen molar-refractivity contribution in [1.29, 1.82) is 0 Å². The Morgan fingerprint density at radius 1 is 1.23 bits per heavy atom. The van der Waals surface area contributed by atoms with E-state index in [2.05, 4.69) is 15.6 Å². The van der Waals surface area contributed by atoms with Crippen molar-refractivity contribution >= 4 is 5.97 Å². The number of methoxy groups -OCH3 is 1. The smallest absolute Gasteiger partial charge is 0.343 e. The lowest BCUT2D eigenvalue weighted by atomic mass is 9.69. The molecule has 0 saturated heterocycles. The van der Waals surface area contributed by atoms with E-state index in [1.165, 1.54) is 5.56 Å². The summed E-state index contributed by atoms with van der Waals surface area (Å²) in [6.45, 7) is 1.98. The molecule has 6 nitrogen and oxygen atoms in total. The second-order valence-electron chi connectivity index (χ2n) is 8.23. The third kappa shape index (κ3) is 3.05. The molecule has 5 rings (SSSR count). The highest BCUT2D eigenvalue weighted by Crippen LogP contribution is 2.50. The molecule has 3 heterocycles. The average Bonchev–Trinajstić information content (AvgIpc) is 2.76. The van der Waals surface area contributed by atoms with Crippen LogP contribution in [0.5, 0.6) is 5.75 Å². The summed E-state index contributed by atoms with van der Waals surface area (Å²) in [6, 6.07) is 9.67. The number of rotatable bonds is 4. The monoisotopic (exact) mass is 416 g/mol. The molecular weight excluding hydrogens is 392 g/mol. The zero-order valence-electron chi connectivity index (χ0n) is 17.7. The molecule has 158 valence electrons. The molecule has 1 spiro atoms. The number of ether oxygens (including phenoxy) is 2. The molecule has 2 aliphatic rings. The maximum Gasteiger partial charge on any atom is 0.343 e. The van der Waals surface area contributed by atoms with Gasteiger partial charge >= 0.3 is 5.97 Å². The minimum atomic E-state index is -0.562. The van der Waals surface area contributed by atoms with Crippen LogP contribution in [0.4, 0.5) is 0 Å². The number of aromatic nitrogens is 2. The van der Waals surface area contributed by atoms with Crippen molar-refractivity contribution in [1.82, 2.24) is 9.55 Å². The van der Waals surface area contributed by atoms with Gasteiger partial charge in [0.2, 0.25) is 0 Å². The van der Waals surface area contributed by atoms with E-state index in [1.807, 2.05) is 24.4 Å². The lowest BCUT2D eigenvalue weighted by molar-refractivity contribution is 0.0521. The summed E-state index contributed by atoms with van der Waals surface area (Å²) in [7, 11) is 1.65. The standard InChI is InChI=1S/C25H24N2O4/c1-3-31-24(29)20-15-27-21(12-22(20)28)18-11-23(30-2)19(16-6-4-9-26-14-16)10-17(18)13-25(27)7-5-8-25/h4,6,9-12,14-15H,3,5,7-8,13H2,1-2H3. The van der Waals surface area contributed by atoms with Crippen molar-refractivity contribution in [3.05, 3.63) is 70.3 Å². The quantitative estimate of drug-likeness (QED) is 0.596. The van der Waals surface area contributed by atoms with E-state index in [1.54, 1.807) is 32.5 Å². The van der Waals surface area contributed by atoms with Crippen molar-refractivity contribution in [2.75, 3.05) is 13.7 Å². The highest BCUT2D eigenvalue weighted by Gasteiger charge is 2.43. The van der Waals surface area contributed by atoms with Gasteiger partial charge in [-0.05, 0) is 56.4 Å². The van der Waals surface area contributed by atoms with Crippen molar-refractivity contribution < 1.29 is 14.3 Å². The summed E-state index contributed by atoms with van der Waals surface area (Å²) in [6.07, 6.45) is 9.29. The van der Waals surface area contributed by atoms with E-state index in [-0.39, 0.29) is 23.1 Å². The van der Waals surface area contributed by atoms with Gasteiger partial charge in [-0.25, -0.2) is 4.79 Å². The van der Waals surface area contributed by atoms with Crippen molar-refractivity contribution in [2.45, 2.75) is 38.1 Å². The third-order valence-corrected chi connectivity index (χ3v) is 6.53. The lowest BCUT2D eigenvalue weighted by Crippen LogP contribution is -2.46. The Morgan fingerprint density at radius 3 is 2.71 bits per heavy atom. The van der Waals surface area contributed by atoms with Crippen LogP contribution in [0.15, 0.2) is 53.7 Å². The second kappa shape index (κ2) is 7.38. The van der Waals surface area contributed by atoms with Crippen LogP contribution in [-0.2, 0) is 16.7 Å². The highest BCUT2D eigenvalue weighted by molar-refractivity contribution is 5.90. The fraction of sp³-hybridized carbons (Fsp3) is 0.320. The number of carbonyl (C=O) groups excluding carboxylic acids is 1. The topological polar surface area (TPSA) is 70.4 Å². The predicted molar refractivity (Wildman–Crippen MR) is 117 cm³/mol. The maximum absolute atomic E-state index is 12.8. The van der Waals surface area contributed by atoms with Gasteiger partial charge in [0.15, 0.2) is 5.43 Å². The number of carbonyl (C=O) groups is 1. The van der Waals surface area contributed by atoms with Crippen LogP contribution in [0.2, 0.25) is 0 Å². The second-order valence-corrected chi connectivity index (χ2v) is 8.23. The predicted octanol–water partition coefficient (Wildman–Crippen LogP) is 4.20. The van der Waals surface area contributed by atoms with E-state index < -0.39 is 5.97 Å². The van der Waals surface area contributed by atoms with Gasteiger partial charge in [-0.15, -0.1) is 0 Å². The summed E-state index contributed by atoms with van der Waals surface area (Å²) in [5.74, 6) is 0.164. The van der Waals surface area contributed by atoms with Gasteiger partial charge in [0.1, 0.15) is 11.3 Å². The summed E-state index contributed by atoms with van der Waals surface area (Å²) < 4.78 is 13.0. The molecule has 2 aromatic heterocycles. The molecule has 1 aromatic carbocycles. The fourth-order valence-electron chi connectivity index (χ4n) is 4.86. The molecule has 1 fully saturated rings. The minimum absolute atomic E-state index is 0.0965. The van der Waals surface area contributed by atoms with E-state index in [0.29, 0.717) is 0 Å². The maximum atomic E-state index is 12.8. The molecule has 6 heteroatoms. The lowest BCUT2D eigenvalue weighted by Gasteiger charge is -2.49. The van der Waals surface area contributed by atoms with E-state index in [4.69, 9.17) is 9.47 Å². The average molecular weight is 416 g/mol. The minimum Gasteiger partial charge on any atom is -0.496 e. The number of esters is 1. The van der Waals surface area contributed by atoms with Crippen LogP contribution in [-0.4, -0.2) is 29.2 Å². The normalized spacial score (nSPS) is 15.5. The Bertz CT molecular complexity index is 1230. The largest absolute Gasteiger partial charge is 0.496 e. The first-order valence-electron chi connectivity index (χ1n) is 10.6. The first kappa shape index (κ1) is 19.5. The fourth-order valence-corrected chi connectivity index (χ4v) is 4.86. The van der Waals surface area contributed by atoms with Crippen LogP contribution in [0.3, 0.4) is 0 Å². The molecule has 0 bridgehead atoms. The molecule has 0 N–H and O–H groups in total. The van der Waals surface area contributed by atoms with E-state index in [0.717, 1.165) is 53.8 Å². The van der Waals surface area contributed by atoms with Crippen molar-refractivity contribution in [3.63, 3.8) is 0 Å². The molecule has 0 amide bonds. The Morgan fingerprint density at radius 2 is 2.06 bits per heavy atom. The van der Waals surface area contributed by atoms with Gasteiger partial charge in [-0.1, -0.05) is 6.07 Å². The number of fused-ring (bicyclic) bond motifs is 4. The first-order chi connectivity index (χ1) is 15.1. The molecule has 0 atom stereocenters. The molecule has 1 aliphatic carbocycles. The number of benzene rings is 1. The zero-order chi connectivity index (χ0) is 21.6. The van der Waals surface area contributed by atoms with Gasteiger partial charge in [0.25, 0.3) is 0 Å². The van der Waals surface area contributed by atoms with Gasteiger partial charge in [-0.3, -0.25) is 9.78 Å². The Kier molecular flexibility index (Phi) is 4.65. The van der Waals surface area contributed by atoms with Gasteiger partial charge in [0.05, 0.1) is 19.4 Å².